The van der Waals surface area contributed by atoms with Gasteiger partial charge in [-0.2, -0.15) is 9.37 Å². The molecule has 0 radical (unpaired) electrons. The highest BCUT2D eigenvalue weighted by atomic mass is 79.9. The van der Waals surface area contributed by atoms with Crippen molar-refractivity contribution >= 4 is 39.2 Å². The normalized spacial score (nSPS) is 13.3. The topological polar surface area (TPSA) is 58.1 Å². The zero-order chi connectivity index (χ0) is 14.3. The smallest absolute Gasteiger partial charge is 0.259 e. The molecule has 0 saturated heterocycles. The molecule has 0 atom stereocenters. The molecule has 1 N–H and O–H groups in total. The summed E-state index contributed by atoms with van der Waals surface area (Å²) in [6.07, 6.45) is 1.60. The summed E-state index contributed by atoms with van der Waals surface area (Å²) in [5, 5.41) is 2.73. The second-order valence-electron chi connectivity index (χ2n) is 4.23. The highest BCUT2D eigenvalue weighted by Gasteiger charge is 2.27. The van der Waals surface area contributed by atoms with Gasteiger partial charge in [0.1, 0.15) is 5.82 Å². The Morgan fingerprint density at radius 2 is 2.20 bits per heavy atom. The number of aromatic nitrogens is 2. The molecule has 3 heterocycles. The van der Waals surface area contributed by atoms with Gasteiger partial charge in [-0.15, -0.1) is 0 Å². The van der Waals surface area contributed by atoms with Crippen LogP contribution < -0.4 is 10.2 Å². The summed E-state index contributed by atoms with van der Waals surface area (Å²) in [6.45, 7) is 2.40. The van der Waals surface area contributed by atoms with Crippen molar-refractivity contribution in [2.75, 3.05) is 16.8 Å². The summed E-state index contributed by atoms with van der Waals surface area (Å²) in [7, 11) is 0. The maximum absolute atomic E-state index is 13.4. The van der Waals surface area contributed by atoms with E-state index >= 15 is 0 Å². The fourth-order valence-electron chi connectivity index (χ4n) is 2.13. The van der Waals surface area contributed by atoms with Crippen molar-refractivity contribution in [1.82, 2.24) is 9.97 Å². The van der Waals surface area contributed by atoms with Crippen molar-refractivity contribution in [3.63, 3.8) is 0 Å². The summed E-state index contributed by atoms with van der Waals surface area (Å²) in [6, 6.07) is 4.40. The van der Waals surface area contributed by atoms with Crippen LogP contribution in [-0.2, 0) is 0 Å². The van der Waals surface area contributed by atoms with E-state index in [1.54, 1.807) is 17.2 Å². The molecular weight excluding hydrogens is 327 g/mol. The van der Waals surface area contributed by atoms with E-state index in [0.29, 0.717) is 33.9 Å². The van der Waals surface area contributed by atoms with E-state index in [4.69, 9.17) is 0 Å². The van der Waals surface area contributed by atoms with Gasteiger partial charge in [0.05, 0.1) is 11.3 Å². The number of carbonyl (C=O) groups is 1. The van der Waals surface area contributed by atoms with Crippen LogP contribution in [0, 0.1) is 5.95 Å². The Hall–Kier alpha value is -2.02. The first-order valence-corrected chi connectivity index (χ1v) is 6.80. The number of amides is 1. The Bertz CT molecular complexity index is 707. The number of nitrogens with one attached hydrogen (secondary N) is 1. The molecule has 1 aliphatic heterocycles. The van der Waals surface area contributed by atoms with Gasteiger partial charge in [0, 0.05) is 17.2 Å². The predicted molar refractivity (Wildman–Crippen MR) is 76.8 cm³/mol. The quantitative estimate of drug-likeness (QED) is 0.813. The van der Waals surface area contributed by atoms with Gasteiger partial charge in [-0.25, -0.2) is 4.98 Å². The van der Waals surface area contributed by atoms with Gasteiger partial charge in [0.2, 0.25) is 5.95 Å². The highest BCUT2D eigenvalue weighted by Crippen LogP contribution is 2.35. The SMILES string of the molecule is CCN1c2nc(F)ccc2NC(=O)c2cc(Br)cnc21. The van der Waals surface area contributed by atoms with E-state index in [-0.39, 0.29) is 5.91 Å². The summed E-state index contributed by atoms with van der Waals surface area (Å²) in [5.74, 6) is -0.0732. The van der Waals surface area contributed by atoms with Gasteiger partial charge in [0.25, 0.3) is 5.91 Å². The molecule has 5 nitrogen and oxygen atoms in total. The minimum Gasteiger partial charge on any atom is -0.319 e. The van der Waals surface area contributed by atoms with Crippen LogP contribution >= 0.6 is 15.9 Å². The van der Waals surface area contributed by atoms with E-state index in [0.717, 1.165) is 0 Å². The number of halogens is 2. The van der Waals surface area contributed by atoms with Crippen molar-refractivity contribution in [3.8, 4) is 0 Å². The first-order chi connectivity index (χ1) is 9.60. The molecule has 3 rings (SSSR count). The molecule has 1 aliphatic rings. The number of carbonyl (C=O) groups excluding carboxylic acids is 1. The number of nitrogens with zero attached hydrogens (tertiary/aromatic N) is 3. The van der Waals surface area contributed by atoms with Crippen LogP contribution in [0.3, 0.4) is 0 Å². The third kappa shape index (κ3) is 2.03. The number of fused-ring (bicyclic) bond motifs is 2. The van der Waals surface area contributed by atoms with Crippen molar-refractivity contribution in [2.45, 2.75) is 6.92 Å². The van der Waals surface area contributed by atoms with Crippen LogP contribution in [0.5, 0.6) is 0 Å². The van der Waals surface area contributed by atoms with Crippen molar-refractivity contribution in [2.24, 2.45) is 0 Å². The van der Waals surface area contributed by atoms with E-state index in [2.05, 4.69) is 31.2 Å². The summed E-state index contributed by atoms with van der Waals surface area (Å²) in [5.41, 5.74) is 0.881. The third-order valence-electron chi connectivity index (χ3n) is 2.99. The van der Waals surface area contributed by atoms with Crippen LogP contribution in [0.4, 0.5) is 21.7 Å². The molecule has 0 fully saturated rings. The summed E-state index contributed by atoms with van der Waals surface area (Å²) >= 11 is 3.30. The second-order valence-corrected chi connectivity index (χ2v) is 5.14. The third-order valence-corrected chi connectivity index (χ3v) is 3.43. The fraction of sp³-hybridized carbons (Fsp3) is 0.154. The maximum Gasteiger partial charge on any atom is 0.259 e. The average Bonchev–Trinajstić information content (AvgIpc) is 2.53. The Kier molecular flexibility index (Phi) is 3.13. The van der Waals surface area contributed by atoms with Crippen LogP contribution in [0.2, 0.25) is 0 Å². The zero-order valence-electron chi connectivity index (χ0n) is 10.5. The molecule has 0 spiro atoms. The van der Waals surface area contributed by atoms with Crippen LogP contribution in [0.1, 0.15) is 17.3 Å². The molecule has 1 amide bonds. The van der Waals surface area contributed by atoms with E-state index in [1.807, 2.05) is 6.92 Å². The predicted octanol–water partition coefficient (Wildman–Crippen LogP) is 3.10. The van der Waals surface area contributed by atoms with Crippen molar-refractivity contribution in [3.05, 3.63) is 40.4 Å². The van der Waals surface area contributed by atoms with E-state index in [9.17, 15) is 9.18 Å². The van der Waals surface area contributed by atoms with Gasteiger partial charge in [-0.05, 0) is 41.1 Å². The van der Waals surface area contributed by atoms with Crippen molar-refractivity contribution in [1.29, 1.82) is 0 Å². The molecule has 7 heteroatoms. The minimum absolute atomic E-state index is 0.292. The molecule has 0 unspecified atom stereocenters. The zero-order valence-corrected chi connectivity index (χ0v) is 12.1. The van der Waals surface area contributed by atoms with Crippen LogP contribution in [-0.4, -0.2) is 22.4 Å². The monoisotopic (exact) mass is 336 g/mol. The first-order valence-electron chi connectivity index (χ1n) is 6.01. The van der Waals surface area contributed by atoms with Crippen LogP contribution in [0.25, 0.3) is 0 Å². The molecular formula is C13H10BrFN4O. The molecule has 0 saturated carbocycles. The summed E-state index contributed by atoms with van der Waals surface area (Å²) in [4.78, 5) is 22.1. The molecule has 0 bridgehead atoms. The van der Waals surface area contributed by atoms with Gasteiger partial charge < -0.3 is 10.2 Å². The maximum atomic E-state index is 13.4. The minimum atomic E-state index is -0.600. The lowest BCUT2D eigenvalue weighted by Crippen LogP contribution is -2.20. The second kappa shape index (κ2) is 4.82. The summed E-state index contributed by atoms with van der Waals surface area (Å²) < 4.78 is 14.1. The van der Waals surface area contributed by atoms with Crippen molar-refractivity contribution < 1.29 is 9.18 Å². The molecule has 0 aliphatic carbocycles. The molecule has 0 aromatic carbocycles. The Labute approximate surface area is 123 Å². The van der Waals surface area contributed by atoms with Crippen LogP contribution in [0.15, 0.2) is 28.9 Å². The first kappa shape index (κ1) is 13.0. The van der Waals surface area contributed by atoms with Gasteiger partial charge in [-0.3, -0.25) is 4.79 Å². The van der Waals surface area contributed by atoms with Gasteiger partial charge in [0.15, 0.2) is 5.82 Å². The van der Waals surface area contributed by atoms with Gasteiger partial charge >= 0.3 is 0 Å². The number of pyridine rings is 2. The number of hydrogen-bond acceptors (Lipinski definition) is 4. The average molecular weight is 337 g/mol. The molecule has 102 valence electrons. The highest BCUT2D eigenvalue weighted by molar-refractivity contribution is 9.10. The molecule has 2 aromatic heterocycles. The number of anilines is 3. The molecule has 2 aromatic rings. The van der Waals surface area contributed by atoms with Gasteiger partial charge in [-0.1, -0.05) is 0 Å². The Morgan fingerprint density at radius 3 is 2.95 bits per heavy atom. The molecule has 20 heavy (non-hydrogen) atoms. The number of hydrogen-bond donors (Lipinski definition) is 1. The van der Waals surface area contributed by atoms with E-state index < -0.39 is 5.95 Å². The lowest BCUT2D eigenvalue weighted by Gasteiger charge is -2.21. The standard InChI is InChI=1S/C13H10BrFN4O/c1-2-19-11-8(5-7(14)6-16-11)13(20)17-9-3-4-10(15)18-12(9)19/h3-6H,2H2,1H3,(H,17,20). The Morgan fingerprint density at radius 1 is 1.40 bits per heavy atom. The number of rotatable bonds is 1. The Balaban J connectivity index is 2.27. The lowest BCUT2D eigenvalue weighted by molar-refractivity contribution is 0.102. The largest absolute Gasteiger partial charge is 0.319 e. The fourth-order valence-corrected chi connectivity index (χ4v) is 2.46. The lowest BCUT2D eigenvalue weighted by atomic mass is 10.2. The van der Waals surface area contributed by atoms with E-state index in [1.165, 1.54) is 12.1 Å².